The normalized spacial score (nSPS) is 14.9. The number of aryl methyl sites for hydroxylation is 1. The van der Waals surface area contributed by atoms with E-state index in [4.69, 9.17) is 0 Å². The van der Waals surface area contributed by atoms with Gasteiger partial charge < -0.3 is 10.2 Å². The van der Waals surface area contributed by atoms with Crippen molar-refractivity contribution in [3.8, 4) is 11.3 Å². The molecule has 0 saturated carbocycles. The molecule has 198 valence electrons. The summed E-state index contributed by atoms with van der Waals surface area (Å²) in [6.45, 7) is 14.3. The van der Waals surface area contributed by atoms with E-state index in [1.54, 1.807) is 6.07 Å². The minimum absolute atomic E-state index is 0.0152. The second kappa shape index (κ2) is 11.0. The lowest BCUT2D eigenvalue weighted by Gasteiger charge is -2.33. The van der Waals surface area contributed by atoms with Gasteiger partial charge in [0.25, 0.3) is 0 Å². The quantitative estimate of drug-likeness (QED) is 0.338. The first-order valence-electron chi connectivity index (χ1n) is 13.1. The van der Waals surface area contributed by atoms with Crippen LogP contribution < -0.4 is 5.32 Å². The molecule has 1 fully saturated rings. The maximum absolute atomic E-state index is 15.1. The third-order valence-corrected chi connectivity index (χ3v) is 7.05. The minimum atomic E-state index is -0.632. The molecular formula is C29H33F2N7. The lowest BCUT2D eigenvalue weighted by atomic mass is 9.95. The van der Waals surface area contributed by atoms with Crippen molar-refractivity contribution in [1.82, 2.24) is 29.7 Å². The van der Waals surface area contributed by atoms with Gasteiger partial charge in [-0.3, -0.25) is 9.88 Å². The predicted molar refractivity (Wildman–Crippen MR) is 146 cm³/mol. The van der Waals surface area contributed by atoms with Gasteiger partial charge in [0.15, 0.2) is 5.82 Å². The molecule has 1 saturated heterocycles. The van der Waals surface area contributed by atoms with E-state index in [0.717, 1.165) is 62.3 Å². The molecule has 0 unspecified atom stereocenters. The van der Waals surface area contributed by atoms with Crippen molar-refractivity contribution in [1.29, 1.82) is 0 Å². The number of hydrogen-bond donors (Lipinski definition) is 1. The number of rotatable bonds is 7. The smallest absolute Gasteiger partial charge is 0.229 e. The summed E-state index contributed by atoms with van der Waals surface area (Å²) in [7, 11) is 0. The van der Waals surface area contributed by atoms with E-state index in [1.807, 2.05) is 45.2 Å². The Morgan fingerprint density at radius 3 is 2.37 bits per heavy atom. The van der Waals surface area contributed by atoms with Gasteiger partial charge in [0.05, 0.1) is 6.20 Å². The summed E-state index contributed by atoms with van der Waals surface area (Å²) in [6, 6.07) is 8.86. The Kier molecular flexibility index (Phi) is 7.58. The maximum Gasteiger partial charge on any atom is 0.229 e. The van der Waals surface area contributed by atoms with E-state index < -0.39 is 11.6 Å². The van der Waals surface area contributed by atoms with Crippen LogP contribution in [-0.4, -0.2) is 62.5 Å². The SMILES string of the molecule is CCN1CCN(Cc2ccc(Nc3ncc(F)c(-c4cc(F)c5nc(C)cc(C(C)C)c5c4)n3)nc2)CC1. The number of hydrogen-bond acceptors (Lipinski definition) is 7. The number of anilines is 2. The topological polar surface area (TPSA) is 70.1 Å². The Labute approximate surface area is 222 Å². The fourth-order valence-electron chi connectivity index (χ4n) is 4.92. The zero-order valence-corrected chi connectivity index (χ0v) is 22.3. The maximum atomic E-state index is 15.1. The average molecular weight is 518 g/mol. The summed E-state index contributed by atoms with van der Waals surface area (Å²) in [4.78, 5) is 22.2. The molecule has 1 aromatic carbocycles. The standard InChI is InChI=1S/C29H33F2N7/c1-5-37-8-10-38(11-9-37)17-20-6-7-26(32-15-20)35-29-33-16-25(31)27(36-29)21-13-23-22(18(2)3)12-19(4)34-28(23)24(30)14-21/h6-7,12-16,18H,5,8-11,17H2,1-4H3,(H,32,33,35,36). The van der Waals surface area contributed by atoms with Crippen LogP contribution in [0.15, 0.2) is 42.7 Å². The molecule has 1 aliphatic heterocycles. The van der Waals surface area contributed by atoms with Crippen molar-refractivity contribution in [2.45, 2.75) is 40.2 Å². The predicted octanol–water partition coefficient (Wildman–Crippen LogP) is 5.68. The Morgan fingerprint density at radius 2 is 1.68 bits per heavy atom. The van der Waals surface area contributed by atoms with Crippen LogP contribution in [0, 0.1) is 18.6 Å². The summed E-state index contributed by atoms with van der Waals surface area (Å²) >= 11 is 0. The highest BCUT2D eigenvalue weighted by atomic mass is 19.1. The van der Waals surface area contributed by atoms with Crippen LogP contribution in [-0.2, 0) is 6.54 Å². The van der Waals surface area contributed by atoms with Crippen LogP contribution in [0.5, 0.6) is 0 Å². The lowest BCUT2D eigenvalue weighted by Crippen LogP contribution is -2.45. The van der Waals surface area contributed by atoms with Crippen molar-refractivity contribution in [2.24, 2.45) is 0 Å². The first kappa shape index (κ1) is 26.1. The number of nitrogens with zero attached hydrogens (tertiary/aromatic N) is 6. The van der Waals surface area contributed by atoms with E-state index >= 15 is 4.39 Å². The molecule has 4 aromatic rings. The molecule has 1 aliphatic rings. The molecule has 0 atom stereocenters. The molecule has 0 amide bonds. The van der Waals surface area contributed by atoms with Gasteiger partial charge in [-0.05, 0) is 54.8 Å². The molecule has 0 radical (unpaired) electrons. The molecule has 0 aliphatic carbocycles. The van der Waals surface area contributed by atoms with E-state index in [2.05, 4.69) is 42.0 Å². The second-order valence-electron chi connectivity index (χ2n) is 10.1. The fourth-order valence-corrected chi connectivity index (χ4v) is 4.92. The first-order chi connectivity index (χ1) is 18.3. The highest BCUT2D eigenvalue weighted by Crippen LogP contribution is 2.32. The molecule has 5 rings (SSSR count). The zero-order chi connectivity index (χ0) is 26.8. The highest BCUT2D eigenvalue weighted by molar-refractivity contribution is 5.88. The first-order valence-corrected chi connectivity index (χ1v) is 13.1. The van der Waals surface area contributed by atoms with Crippen LogP contribution in [0.4, 0.5) is 20.5 Å². The number of likely N-dealkylation sites (N-methyl/N-ethyl adjacent to an activating group) is 1. The van der Waals surface area contributed by atoms with Crippen LogP contribution >= 0.6 is 0 Å². The number of pyridine rings is 2. The minimum Gasteiger partial charge on any atom is -0.309 e. The van der Waals surface area contributed by atoms with Gasteiger partial charge in [-0.1, -0.05) is 26.8 Å². The van der Waals surface area contributed by atoms with E-state index in [9.17, 15) is 4.39 Å². The number of nitrogens with one attached hydrogen (secondary N) is 1. The molecule has 9 heteroatoms. The molecule has 4 heterocycles. The zero-order valence-electron chi connectivity index (χ0n) is 22.3. The van der Waals surface area contributed by atoms with E-state index in [-0.39, 0.29) is 23.1 Å². The Bertz CT molecular complexity index is 1430. The number of benzene rings is 1. The van der Waals surface area contributed by atoms with Crippen molar-refractivity contribution in [3.05, 3.63) is 71.2 Å². The molecular weight excluding hydrogens is 484 g/mol. The van der Waals surface area contributed by atoms with Crippen LogP contribution in [0.1, 0.15) is 43.5 Å². The number of aromatic nitrogens is 4. The number of piperazine rings is 1. The number of halogens is 2. The number of fused-ring (bicyclic) bond motifs is 1. The molecule has 0 bridgehead atoms. The van der Waals surface area contributed by atoms with Crippen molar-refractivity contribution >= 4 is 22.7 Å². The Morgan fingerprint density at radius 1 is 0.921 bits per heavy atom. The monoisotopic (exact) mass is 517 g/mol. The van der Waals surface area contributed by atoms with E-state index in [0.29, 0.717) is 16.8 Å². The van der Waals surface area contributed by atoms with Gasteiger partial charge in [0.1, 0.15) is 22.8 Å². The van der Waals surface area contributed by atoms with Crippen LogP contribution in [0.25, 0.3) is 22.2 Å². The third kappa shape index (κ3) is 5.63. The van der Waals surface area contributed by atoms with Gasteiger partial charge in [-0.25, -0.2) is 23.7 Å². The summed E-state index contributed by atoms with van der Waals surface area (Å²) in [6.07, 6.45) is 2.92. The lowest BCUT2D eigenvalue weighted by molar-refractivity contribution is 0.132. The Hall–Kier alpha value is -3.56. The average Bonchev–Trinajstić information content (AvgIpc) is 2.91. The fraction of sp³-hybridized carbons (Fsp3) is 0.379. The summed E-state index contributed by atoms with van der Waals surface area (Å²) in [5.41, 5.74) is 3.44. The van der Waals surface area contributed by atoms with Crippen molar-refractivity contribution in [3.63, 3.8) is 0 Å². The molecule has 38 heavy (non-hydrogen) atoms. The summed E-state index contributed by atoms with van der Waals surface area (Å²) in [5, 5.41) is 3.70. The third-order valence-electron chi connectivity index (χ3n) is 7.05. The molecule has 1 N–H and O–H groups in total. The summed E-state index contributed by atoms with van der Waals surface area (Å²) in [5.74, 6) is -0.259. The Balaban J connectivity index is 1.36. The molecule has 3 aromatic heterocycles. The van der Waals surface area contributed by atoms with Crippen molar-refractivity contribution < 1.29 is 8.78 Å². The van der Waals surface area contributed by atoms with Gasteiger partial charge in [-0.2, -0.15) is 0 Å². The van der Waals surface area contributed by atoms with Crippen LogP contribution in [0.3, 0.4) is 0 Å². The van der Waals surface area contributed by atoms with Crippen LogP contribution in [0.2, 0.25) is 0 Å². The second-order valence-corrected chi connectivity index (χ2v) is 10.1. The molecule has 0 spiro atoms. The van der Waals surface area contributed by atoms with Gasteiger partial charge in [-0.15, -0.1) is 0 Å². The summed E-state index contributed by atoms with van der Waals surface area (Å²) < 4.78 is 30.0. The van der Waals surface area contributed by atoms with E-state index in [1.165, 1.54) is 6.07 Å². The largest absolute Gasteiger partial charge is 0.309 e. The van der Waals surface area contributed by atoms with Gasteiger partial charge >= 0.3 is 0 Å². The van der Waals surface area contributed by atoms with Gasteiger partial charge in [0.2, 0.25) is 5.95 Å². The highest BCUT2D eigenvalue weighted by Gasteiger charge is 2.18. The molecule has 7 nitrogen and oxygen atoms in total. The van der Waals surface area contributed by atoms with Crippen molar-refractivity contribution in [2.75, 3.05) is 38.0 Å². The van der Waals surface area contributed by atoms with Gasteiger partial charge in [0, 0.05) is 55.6 Å².